The summed E-state index contributed by atoms with van der Waals surface area (Å²) in [6.07, 6.45) is 1.84. The molecule has 0 saturated heterocycles. The molecule has 0 bridgehead atoms. The molecule has 0 aliphatic carbocycles. The predicted octanol–water partition coefficient (Wildman–Crippen LogP) is 5.33. The van der Waals surface area contributed by atoms with E-state index in [0.717, 1.165) is 25.2 Å². The molecule has 3 aromatic rings. The van der Waals surface area contributed by atoms with E-state index >= 15 is 0 Å². The number of hydrogen-bond acceptors (Lipinski definition) is 4. The summed E-state index contributed by atoms with van der Waals surface area (Å²) in [7, 11) is 0. The number of ether oxygens (including phenoxy) is 1. The van der Waals surface area contributed by atoms with Crippen LogP contribution in [0.5, 0.6) is 0 Å². The van der Waals surface area contributed by atoms with Gasteiger partial charge in [-0.1, -0.05) is 15.9 Å². The van der Waals surface area contributed by atoms with Crippen LogP contribution >= 0.6 is 43.6 Å². The largest absolute Gasteiger partial charge is 0.461 e. The van der Waals surface area contributed by atoms with Gasteiger partial charge in [0.1, 0.15) is 5.65 Å². The minimum atomic E-state index is -0.352. The van der Waals surface area contributed by atoms with Crippen LogP contribution in [0.1, 0.15) is 23.1 Å². The molecule has 124 valence electrons. The SMILES string of the molecule is CCOC(=O)c1c(CSc2ccc(Br)cc2)nc2ccc(Br)cn12. The fourth-order valence-corrected chi connectivity index (χ4v) is 3.70. The Kier molecular flexibility index (Phi) is 5.63. The van der Waals surface area contributed by atoms with Crippen molar-refractivity contribution in [2.24, 2.45) is 0 Å². The van der Waals surface area contributed by atoms with Crippen LogP contribution in [0.15, 0.2) is 56.4 Å². The molecular formula is C17H14Br2N2O2S. The van der Waals surface area contributed by atoms with Crippen molar-refractivity contribution >= 4 is 55.2 Å². The summed E-state index contributed by atoms with van der Waals surface area (Å²) in [5.74, 6) is 0.240. The molecule has 1 aromatic carbocycles. The summed E-state index contributed by atoms with van der Waals surface area (Å²) in [6.45, 7) is 2.13. The summed E-state index contributed by atoms with van der Waals surface area (Å²) in [5, 5.41) is 0. The highest BCUT2D eigenvalue weighted by molar-refractivity contribution is 9.10. The molecule has 0 unspecified atom stereocenters. The number of rotatable bonds is 5. The zero-order valence-corrected chi connectivity index (χ0v) is 16.8. The van der Waals surface area contributed by atoms with Gasteiger partial charge in [0.25, 0.3) is 0 Å². The van der Waals surface area contributed by atoms with E-state index in [2.05, 4.69) is 36.8 Å². The third-order valence-corrected chi connectivity index (χ3v) is 5.33. The molecule has 0 saturated carbocycles. The number of fused-ring (bicyclic) bond motifs is 1. The van der Waals surface area contributed by atoms with Crippen LogP contribution < -0.4 is 0 Å². The Labute approximate surface area is 160 Å². The lowest BCUT2D eigenvalue weighted by Crippen LogP contribution is -2.10. The Hall–Kier alpha value is -1.31. The number of halogens is 2. The van der Waals surface area contributed by atoms with E-state index in [1.54, 1.807) is 23.1 Å². The Morgan fingerprint density at radius 3 is 2.58 bits per heavy atom. The summed E-state index contributed by atoms with van der Waals surface area (Å²) in [5.41, 5.74) is 1.94. The Morgan fingerprint density at radius 2 is 1.88 bits per heavy atom. The second-order valence-corrected chi connectivity index (χ2v) is 7.83. The first-order chi connectivity index (χ1) is 11.6. The molecule has 2 heterocycles. The van der Waals surface area contributed by atoms with Crippen molar-refractivity contribution in [1.82, 2.24) is 9.38 Å². The maximum atomic E-state index is 12.4. The molecule has 4 nitrogen and oxygen atoms in total. The number of pyridine rings is 1. The van der Waals surface area contributed by atoms with Crippen molar-refractivity contribution in [3.05, 3.63) is 62.9 Å². The maximum absolute atomic E-state index is 12.4. The molecule has 2 aromatic heterocycles. The molecule has 0 fully saturated rings. The molecular weight excluding hydrogens is 456 g/mol. The molecule has 0 aliphatic rings. The van der Waals surface area contributed by atoms with E-state index in [1.165, 1.54) is 0 Å². The molecule has 0 aliphatic heterocycles. The number of thioether (sulfide) groups is 1. The Balaban J connectivity index is 1.95. The van der Waals surface area contributed by atoms with E-state index in [9.17, 15) is 4.79 Å². The van der Waals surface area contributed by atoms with Gasteiger partial charge in [-0.2, -0.15) is 0 Å². The lowest BCUT2D eigenvalue weighted by Gasteiger charge is -2.05. The number of aromatic nitrogens is 2. The van der Waals surface area contributed by atoms with Gasteiger partial charge in [-0.05, 0) is 59.3 Å². The average molecular weight is 470 g/mol. The highest BCUT2D eigenvalue weighted by Gasteiger charge is 2.20. The second-order valence-electron chi connectivity index (χ2n) is 4.95. The lowest BCUT2D eigenvalue weighted by molar-refractivity contribution is 0.0517. The number of nitrogens with zero attached hydrogens (tertiary/aromatic N) is 2. The van der Waals surface area contributed by atoms with Crippen LogP contribution in [0.3, 0.4) is 0 Å². The molecule has 24 heavy (non-hydrogen) atoms. The van der Waals surface area contributed by atoms with Crippen LogP contribution in [0.4, 0.5) is 0 Å². The van der Waals surface area contributed by atoms with Crippen LogP contribution in [0, 0.1) is 0 Å². The van der Waals surface area contributed by atoms with Gasteiger partial charge < -0.3 is 4.74 Å². The van der Waals surface area contributed by atoms with Gasteiger partial charge in [0.15, 0.2) is 5.69 Å². The molecule has 0 radical (unpaired) electrons. The Bertz CT molecular complexity index is 878. The first-order valence-corrected chi connectivity index (χ1v) is 9.87. The van der Waals surface area contributed by atoms with Gasteiger partial charge >= 0.3 is 5.97 Å². The van der Waals surface area contributed by atoms with Crippen molar-refractivity contribution < 1.29 is 9.53 Å². The topological polar surface area (TPSA) is 43.6 Å². The third kappa shape index (κ3) is 3.84. The zero-order chi connectivity index (χ0) is 17.1. The standard InChI is InChI=1S/C17H14Br2N2O2S/c1-2-23-17(22)16-14(10-24-13-6-3-11(18)4-7-13)20-15-8-5-12(19)9-21(15)16/h3-9H,2,10H2,1H3. The third-order valence-electron chi connectivity index (χ3n) is 3.31. The van der Waals surface area contributed by atoms with E-state index in [-0.39, 0.29) is 5.97 Å². The van der Waals surface area contributed by atoms with Gasteiger partial charge in [-0.25, -0.2) is 9.78 Å². The number of carbonyl (C=O) groups is 1. The van der Waals surface area contributed by atoms with Gasteiger partial charge in [0, 0.05) is 25.8 Å². The first kappa shape index (κ1) is 17.5. The van der Waals surface area contributed by atoms with Crippen LogP contribution in [-0.4, -0.2) is 22.0 Å². The highest BCUT2D eigenvalue weighted by atomic mass is 79.9. The van der Waals surface area contributed by atoms with E-state index in [1.807, 2.05) is 42.6 Å². The number of carbonyl (C=O) groups excluding carboxylic acids is 1. The van der Waals surface area contributed by atoms with E-state index in [4.69, 9.17) is 4.74 Å². The summed E-state index contributed by atoms with van der Waals surface area (Å²) < 4.78 is 8.91. The predicted molar refractivity (Wildman–Crippen MR) is 103 cm³/mol. The quantitative estimate of drug-likeness (QED) is 0.374. The first-order valence-electron chi connectivity index (χ1n) is 7.30. The van der Waals surface area contributed by atoms with Crippen molar-refractivity contribution in [2.45, 2.75) is 17.6 Å². The van der Waals surface area contributed by atoms with Gasteiger partial charge in [-0.3, -0.25) is 4.40 Å². The van der Waals surface area contributed by atoms with Crippen molar-refractivity contribution in [2.75, 3.05) is 6.61 Å². The smallest absolute Gasteiger partial charge is 0.357 e. The van der Waals surface area contributed by atoms with Crippen molar-refractivity contribution in [1.29, 1.82) is 0 Å². The fourth-order valence-electron chi connectivity index (χ4n) is 2.27. The van der Waals surface area contributed by atoms with Crippen molar-refractivity contribution in [3.63, 3.8) is 0 Å². The minimum Gasteiger partial charge on any atom is -0.461 e. The van der Waals surface area contributed by atoms with Crippen LogP contribution in [0.2, 0.25) is 0 Å². The van der Waals surface area contributed by atoms with Gasteiger partial charge in [-0.15, -0.1) is 11.8 Å². The number of hydrogen-bond donors (Lipinski definition) is 0. The molecule has 0 amide bonds. The van der Waals surface area contributed by atoms with Gasteiger partial charge in [0.2, 0.25) is 0 Å². The summed E-state index contributed by atoms with van der Waals surface area (Å²) >= 11 is 8.50. The second kappa shape index (κ2) is 7.72. The highest BCUT2D eigenvalue weighted by Crippen LogP contribution is 2.27. The van der Waals surface area contributed by atoms with E-state index < -0.39 is 0 Å². The van der Waals surface area contributed by atoms with Crippen molar-refractivity contribution in [3.8, 4) is 0 Å². The number of imidazole rings is 1. The minimum absolute atomic E-state index is 0.333. The summed E-state index contributed by atoms with van der Waals surface area (Å²) in [6, 6.07) is 11.8. The lowest BCUT2D eigenvalue weighted by atomic mass is 10.3. The molecule has 0 atom stereocenters. The monoisotopic (exact) mass is 468 g/mol. The fraction of sp³-hybridized carbons (Fsp3) is 0.176. The zero-order valence-electron chi connectivity index (χ0n) is 12.8. The Morgan fingerprint density at radius 1 is 1.17 bits per heavy atom. The molecule has 3 rings (SSSR count). The normalized spacial score (nSPS) is 11.0. The number of benzene rings is 1. The molecule has 0 spiro atoms. The van der Waals surface area contributed by atoms with Gasteiger partial charge in [0.05, 0.1) is 12.3 Å². The summed E-state index contributed by atoms with van der Waals surface area (Å²) in [4.78, 5) is 18.1. The van der Waals surface area contributed by atoms with Crippen LogP contribution in [-0.2, 0) is 10.5 Å². The van der Waals surface area contributed by atoms with E-state index in [0.29, 0.717) is 18.1 Å². The molecule has 0 N–H and O–H groups in total. The average Bonchev–Trinajstić information content (AvgIpc) is 2.92. The van der Waals surface area contributed by atoms with Crippen LogP contribution in [0.25, 0.3) is 5.65 Å². The number of esters is 1. The molecule has 7 heteroatoms. The maximum Gasteiger partial charge on any atom is 0.357 e.